The first-order valence-corrected chi connectivity index (χ1v) is 6.75. The molecule has 4 nitrogen and oxygen atoms in total. The van der Waals surface area contributed by atoms with E-state index < -0.39 is 0 Å². The van der Waals surface area contributed by atoms with E-state index in [1.807, 2.05) is 17.0 Å². The van der Waals surface area contributed by atoms with Gasteiger partial charge in [-0.15, -0.1) is 0 Å². The Morgan fingerprint density at radius 1 is 1.39 bits per heavy atom. The summed E-state index contributed by atoms with van der Waals surface area (Å²) in [6, 6.07) is 4.09. The second-order valence-corrected chi connectivity index (χ2v) is 5.03. The molecule has 1 aromatic carbocycles. The van der Waals surface area contributed by atoms with Gasteiger partial charge >= 0.3 is 0 Å². The number of hydrogen-bond acceptors (Lipinski definition) is 3. The molecule has 0 aliphatic rings. The molecule has 0 N–H and O–H groups in total. The van der Waals surface area contributed by atoms with Crippen LogP contribution in [-0.4, -0.2) is 23.3 Å². The van der Waals surface area contributed by atoms with Crippen LogP contribution >= 0.6 is 15.9 Å². The lowest BCUT2D eigenvalue weighted by atomic mass is 10.2. The SMILES string of the molecule is CCCOCn1cnc2c(COC)cc(Br)cc21. The predicted octanol–water partition coefficient (Wildman–Crippen LogP) is 3.33. The Morgan fingerprint density at radius 3 is 2.94 bits per heavy atom. The summed E-state index contributed by atoms with van der Waals surface area (Å²) in [7, 11) is 1.69. The summed E-state index contributed by atoms with van der Waals surface area (Å²) in [6.45, 7) is 3.95. The summed E-state index contributed by atoms with van der Waals surface area (Å²) >= 11 is 3.52. The molecule has 1 heterocycles. The minimum atomic E-state index is 0.535. The predicted molar refractivity (Wildman–Crippen MR) is 74.4 cm³/mol. The van der Waals surface area contributed by atoms with Crippen LogP contribution in [0.2, 0.25) is 0 Å². The molecule has 0 radical (unpaired) electrons. The molecule has 0 saturated carbocycles. The van der Waals surface area contributed by atoms with Crippen molar-refractivity contribution >= 4 is 27.0 Å². The molecule has 0 unspecified atom stereocenters. The van der Waals surface area contributed by atoms with Gasteiger partial charge in [0.25, 0.3) is 0 Å². The fourth-order valence-corrected chi connectivity index (χ4v) is 2.37. The Kier molecular flexibility index (Phi) is 4.74. The number of nitrogens with zero attached hydrogens (tertiary/aromatic N) is 2. The van der Waals surface area contributed by atoms with Gasteiger partial charge in [0.2, 0.25) is 0 Å². The van der Waals surface area contributed by atoms with Crippen LogP contribution in [0.15, 0.2) is 22.9 Å². The molecule has 18 heavy (non-hydrogen) atoms. The second-order valence-electron chi connectivity index (χ2n) is 4.12. The highest BCUT2D eigenvalue weighted by molar-refractivity contribution is 9.10. The van der Waals surface area contributed by atoms with Crippen LogP contribution in [0.5, 0.6) is 0 Å². The van der Waals surface area contributed by atoms with Crippen LogP contribution in [0.25, 0.3) is 11.0 Å². The average Bonchev–Trinajstić information content (AvgIpc) is 2.73. The van der Waals surface area contributed by atoms with Gasteiger partial charge in [-0.2, -0.15) is 0 Å². The first-order chi connectivity index (χ1) is 8.76. The van der Waals surface area contributed by atoms with Crippen molar-refractivity contribution < 1.29 is 9.47 Å². The molecule has 0 bridgehead atoms. The van der Waals surface area contributed by atoms with Gasteiger partial charge in [0, 0.05) is 23.8 Å². The topological polar surface area (TPSA) is 36.3 Å². The molecule has 98 valence electrons. The molecule has 1 aromatic heterocycles. The van der Waals surface area contributed by atoms with Crippen LogP contribution in [0.3, 0.4) is 0 Å². The van der Waals surface area contributed by atoms with Crippen molar-refractivity contribution in [3.05, 3.63) is 28.5 Å². The molecule has 0 aliphatic heterocycles. The lowest BCUT2D eigenvalue weighted by Gasteiger charge is -2.07. The van der Waals surface area contributed by atoms with Gasteiger partial charge in [0.05, 0.1) is 24.0 Å². The molecule has 2 rings (SSSR count). The highest BCUT2D eigenvalue weighted by Crippen LogP contribution is 2.24. The van der Waals surface area contributed by atoms with E-state index in [1.54, 1.807) is 7.11 Å². The number of methoxy groups -OCH3 is 1. The Labute approximate surface area is 115 Å². The van der Waals surface area contributed by atoms with E-state index in [0.717, 1.165) is 34.1 Å². The average molecular weight is 313 g/mol. The Bertz CT molecular complexity index is 525. The molecule has 0 spiro atoms. The third-order valence-corrected chi connectivity index (χ3v) is 3.11. The minimum absolute atomic E-state index is 0.535. The van der Waals surface area contributed by atoms with Crippen LogP contribution in [-0.2, 0) is 22.8 Å². The van der Waals surface area contributed by atoms with Crippen molar-refractivity contribution in [3.63, 3.8) is 0 Å². The molecule has 2 aromatic rings. The Morgan fingerprint density at radius 2 is 2.22 bits per heavy atom. The fraction of sp³-hybridized carbons (Fsp3) is 0.462. The summed E-state index contributed by atoms with van der Waals surface area (Å²) in [6.07, 6.45) is 2.83. The van der Waals surface area contributed by atoms with Gasteiger partial charge in [0.15, 0.2) is 0 Å². The van der Waals surface area contributed by atoms with Crippen LogP contribution in [0.4, 0.5) is 0 Å². The number of halogens is 1. The third kappa shape index (κ3) is 2.91. The minimum Gasteiger partial charge on any atom is -0.380 e. The number of imidazole rings is 1. The molecule has 0 saturated heterocycles. The van der Waals surface area contributed by atoms with Gasteiger partial charge in [0.1, 0.15) is 6.73 Å². The number of benzene rings is 1. The summed E-state index contributed by atoms with van der Waals surface area (Å²) in [5.74, 6) is 0. The van der Waals surface area contributed by atoms with Crippen molar-refractivity contribution in [1.82, 2.24) is 9.55 Å². The van der Waals surface area contributed by atoms with Gasteiger partial charge in [-0.3, -0.25) is 0 Å². The van der Waals surface area contributed by atoms with Crippen molar-refractivity contribution in [2.45, 2.75) is 26.7 Å². The van der Waals surface area contributed by atoms with E-state index >= 15 is 0 Å². The molecular formula is C13H17BrN2O2. The zero-order valence-corrected chi connectivity index (χ0v) is 12.2. The summed E-state index contributed by atoms with van der Waals surface area (Å²) in [4.78, 5) is 4.44. The second kappa shape index (κ2) is 6.31. The number of rotatable bonds is 6. The molecule has 0 aliphatic carbocycles. The lowest BCUT2D eigenvalue weighted by Crippen LogP contribution is -2.02. The number of hydrogen-bond donors (Lipinski definition) is 0. The highest BCUT2D eigenvalue weighted by Gasteiger charge is 2.09. The van der Waals surface area contributed by atoms with Gasteiger partial charge in [-0.05, 0) is 18.6 Å². The quantitative estimate of drug-likeness (QED) is 0.768. The molecule has 5 heteroatoms. The Hall–Kier alpha value is -0.910. The van der Waals surface area contributed by atoms with Crippen molar-refractivity contribution in [3.8, 4) is 0 Å². The maximum atomic E-state index is 5.55. The van der Waals surface area contributed by atoms with Gasteiger partial charge in [-0.25, -0.2) is 4.98 Å². The zero-order valence-electron chi connectivity index (χ0n) is 10.6. The van der Waals surface area contributed by atoms with Crippen LogP contribution in [0.1, 0.15) is 18.9 Å². The molecular weight excluding hydrogens is 296 g/mol. The molecule has 0 amide bonds. The maximum absolute atomic E-state index is 5.55. The van der Waals surface area contributed by atoms with E-state index in [9.17, 15) is 0 Å². The largest absolute Gasteiger partial charge is 0.380 e. The van der Waals surface area contributed by atoms with E-state index in [0.29, 0.717) is 13.3 Å². The summed E-state index contributed by atoms with van der Waals surface area (Å²) in [5.41, 5.74) is 3.11. The van der Waals surface area contributed by atoms with Crippen LogP contribution in [0, 0.1) is 0 Å². The summed E-state index contributed by atoms with van der Waals surface area (Å²) < 4.78 is 13.8. The smallest absolute Gasteiger partial charge is 0.124 e. The first-order valence-electron chi connectivity index (χ1n) is 5.96. The normalized spacial score (nSPS) is 11.3. The maximum Gasteiger partial charge on any atom is 0.124 e. The lowest BCUT2D eigenvalue weighted by molar-refractivity contribution is 0.0800. The first kappa shape index (κ1) is 13.5. The standard InChI is InChI=1S/C13H17BrN2O2/c1-3-4-18-9-16-8-15-13-10(7-17-2)5-11(14)6-12(13)16/h5-6,8H,3-4,7,9H2,1-2H3. The summed E-state index contributed by atoms with van der Waals surface area (Å²) in [5, 5.41) is 0. The third-order valence-electron chi connectivity index (χ3n) is 2.65. The van der Waals surface area contributed by atoms with Crippen molar-refractivity contribution in [1.29, 1.82) is 0 Å². The van der Waals surface area contributed by atoms with E-state index in [2.05, 4.69) is 33.9 Å². The van der Waals surface area contributed by atoms with Crippen molar-refractivity contribution in [2.75, 3.05) is 13.7 Å². The van der Waals surface area contributed by atoms with Crippen molar-refractivity contribution in [2.24, 2.45) is 0 Å². The van der Waals surface area contributed by atoms with E-state index in [4.69, 9.17) is 9.47 Å². The monoisotopic (exact) mass is 312 g/mol. The number of aromatic nitrogens is 2. The van der Waals surface area contributed by atoms with Gasteiger partial charge in [-0.1, -0.05) is 22.9 Å². The van der Waals surface area contributed by atoms with Gasteiger partial charge < -0.3 is 14.0 Å². The zero-order chi connectivity index (χ0) is 13.0. The van der Waals surface area contributed by atoms with E-state index in [-0.39, 0.29) is 0 Å². The molecule has 0 fully saturated rings. The number of ether oxygens (including phenoxy) is 2. The number of fused-ring (bicyclic) bond motifs is 1. The Balaban J connectivity index is 2.33. The van der Waals surface area contributed by atoms with E-state index in [1.165, 1.54) is 0 Å². The van der Waals surface area contributed by atoms with Crippen LogP contribution < -0.4 is 0 Å². The fourth-order valence-electron chi connectivity index (χ4n) is 1.87. The molecule has 0 atom stereocenters. The highest BCUT2D eigenvalue weighted by atomic mass is 79.9.